The highest BCUT2D eigenvalue weighted by Crippen LogP contribution is 2.27. The van der Waals surface area contributed by atoms with Gasteiger partial charge < -0.3 is 9.67 Å². The van der Waals surface area contributed by atoms with E-state index >= 15 is 0 Å². The number of aromatic nitrogens is 2. The van der Waals surface area contributed by atoms with E-state index in [2.05, 4.69) is 9.71 Å². The average molecular weight is 302 g/mol. The first kappa shape index (κ1) is 13.7. The van der Waals surface area contributed by atoms with Crippen LogP contribution in [0.2, 0.25) is 5.02 Å². The number of anilines is 1. The monoisotopic (exact) mass is 301 g/mol. The number of hydrogen-bond acceptors (Lipinski definition) is 4. The summed E-state index contributed by atoms with van der Waals surface area (Å²) < 4.78 is 28.1. The van der Waals surface area contributed by atoms with Crippen LogP contribution in [0.4, 0.5) is 5.69 Å². The van der Waals surface area contributed by atoms with Crippen molar-refractivity contribution in [2.24, 2.45) is 7.05 Å². The van der Waals surface area contributed by atoms with E-state index in [4.69, 9.17) is 11.6 Å². The van der Waals surface area contributed by atoms with Gasteiger partial charge in [0.25, 0.3) is 10.0 Å². The van der Waals surface area contributed by atoms with E-state index < -0.39 is 10.0 Å². The fourth-order valence-electron chi connectivity index (χ4n) is 1.44. The smallest absolute Gasteiger partial charge is 0.281 e. The van der Waals surface area contributed by atoms with Gasteiger partial charge in [-0.2, -0.15) is 8.42 Å². The predicted octanol–water partition coefficient (Wildman–Crippen LogP) is 1.89. The van der Waals surface area contributed by atoms with E-state index in [9.17, 15) is 13.5 Å². The molecule has 0 aliphatic carbocycles. The molecule has 102 valence electrons. The topological polar surface area (TPSA) is 84.2 Å². The minimum Gasteiger partial charge on any atom is -0.508 e. The lowest BCUT2D eigenvalue weighted by Gasteiger charge is -2.07. The number of benzene rings is 1. The minimum absolute atomic E-state index is 0.0402. The highest BCUT2D eigenvalue weighted by atomic mass is 35.5. The molecule has 0 aliphatic rings. The summed E-state index contributed by atoms with van der Waals surface area (Å²) in [5, 5.41) is 9.24. The third-order valence-electron chi connectivity index (χ3n) is 2.56. The molecule has 1 aromatic heterocycles. The summed E-state index contributed by atoms with van der Waals surface area (Å²) in [4.78, 5) is 3.95. The fraction of sp³-hybridized carbons (Fsp3) is 0.182. The van der Waals surface area contributed by atoms with Gasteiger partial charge in [0.2, 0.25) is 0 Å². The summed E-state index contributed by atoms with van der Waals surface area (Å²) >= 11 is 5.85. The molecular weight excluding hydrogens is 290 g/mol. The van der Waals surface area contributed by atoms with Crippen LogP contribution in [0, 0.1) is 6.92 Å². The number of imidazole rings is 1. The Balaban J connectivity index is 2.36. The zero-order valence-electron chi connectivity index (χ0n) is 10.3. The SMILES string of the molecule is Cc1nc(S(=O)(=O)Nc2ccc(O)cc2Cl)cn1C. The van der Waals surface area contributed by atoms with Crippen LogP contribution in [-0.2, 0) is 17.1 Å². The number of hydrogen-bond donors (Lipinski definition) is 2. The number of nitrogens with one attached hydrogen (secondary N) is 1. The summed E-state index contributed by atoms with van der Waals surface area (Å²) in [7, 11) is -2.10. The van der Waals surface area contributed by atoms with Gasteiger partial charge in [-0.3, -0.25) is 4.72 Å². The first-order valence-electron chi connectivity index (χ1n) is 5.31. The second-order valence-corrected chi connectivity index (χ2v) is 6.04. The Bertz CT molecular complexity index is 705. The van der Waals surface area contributed by atoms with E-state index in [0.29, 0.717) is 5.82 Å². The normalized spacial score (nSPS) is 11.5. The van der Waals surface area contributed by atoms with Gasteiger partial charge in [0.15, 0.2) is 5.03 Å². The Morgan fingerprint density at radius 2 is 2.11 bits per heavy atom. The van der Waals surface area contributed by atoms with Gasteiger partial charge in [0, 0.05) is 19.3 Å². The summed E-state index contributed by atoms with van der Waals surface area (Å²) in [6.45, 7) is 1.70. The van der Waals surface area contributed by atoms with Crippen LogP contribution < -0.4 is 4.72 Å². The highest BCUT2D eigenvalue weighted by Gasteiger charge is 2.19. The van der Waals surface area contributed by atoms with Crippen LogP contribution in [0.25, 0.3) is 0 Å². The number of phenols is 1. The Kier molecular flexibility index (Phi) is 3.42. The van der Waals surface area contributed by atoms with Gasteiger partial charge in [0.1, 0.15) is 11.6 Å². The van der Waals surface area contributed by atoms with Crippen LogP contribution >= 0.6 is 11.6 Å². The molecule has 0 saturated carbocycles. The third-order valence-corrected chi connectivity index (χ3v) is 4.11. The van der Waals surface area contributed by atoms with E-state index in [1.165, 1.54) is 24.4 Å². The van der Waals surface area contributed by atoms with Crippen LogP contribution in [0.1, 0.15) is 5.82 Å². The maximum Gasteiger partial charge on any atom is 0.281 e. The van der Waals surface area contributed by atoms with Gasteiger partial charge in [-0.25, -0.2) is 4.98 Å². The molecular formula is C11H12ClN3O3S. The Hall–Kier alpha value is -1.73. The Labute approximate surface area is 115 Å². The standard InChI is InChI=1S/C11H12ClN3O3S/c1-7-13-11(6-15(7)2)19(17,18)14-10-4-3-8(16)5-9(10)12/h3-6,14,16H,1-2H3. The quantitative estimate of drug-likeness (QED) is 0.848. The van der Waals surface area contributed by atoms with Crippen LogP contribution in [-0.4, -0.2) is 23.1 Å². The van der Waals surface area contributed by atoms with Crippen molar-refractivity contribution in [1.82, 2.24) is 9.55 Å². The van der Waals surface area contributed by atoms with Gasteiger partial charge in [-0.15, -0.1) is 0 Å². The molecule has 0 radical (unpaired) electrons. The van der Waals surface area contributed by atoms with Crippen molar-refractivity contribution >= 4 is 27.3 Å². The van der Waals surface area contributed by atoms with Crippen LogP contribution in [0.15, 0.2) is 29.4 Å². The molecule has 2 rings (SSSR count). The van der Waals surface area contributed by atoms with Crippen molar-refractivity contribution in [2.45, 2.75) is 11.9 Å². The average Bonchev–Trinajstić information content (AvgIpc) is 2.64. The molecule has 0 atom stereocenters. The molecule has 0 amide bonds. The first-order chi connectivity index (χ1) is 8.79. The molecule has 1 aromatic carbocycles. The minimum atomic E-state index is -3.80. The molecule has 19 heavy (non-hydrogen) atoms. The number of aromatic hydroxyl groups is 1. The Morgan fingerprint density at radius 1 is 1.42 bits per heavy atom. The molecule has 0 fully saturated rings. The molecule has 0 spiro atoms. The van der Waals surface area contributed by atoms with Crippen molar-refractivity contribution in [2.75, 3.05) is 4.72 Å². The molecule has 6 nitrogen and oxygen atoms in total. The van der Waals surface area contributed by atoms with Crippen molar-refractivity contribution in [3.8, 4) is 5.75 Å². The van der Waals surface area contributed by atoms with Gasteiger partial charge in [-0.1, -0.05) is 11.6 Å². The molecule has 8 heteroatoms. The zero-order chi connectivity index (χ0) is 14.2. The van der Waals surface area contributed by atoms with Crippen LogP contribution in [0.5, 0.6) is 5.75 Å². The summed E-state index contributed by atoms with van der Waals surface area (Å²) in [6, 6.07) is 3.97. The van der Waals surface area contributed by atoms with Gasteiger partial charge in [0.05, 0.1) is 10.7 Å². The van der Waals surface area contributed by atoms with Crippen molar-refractivity contribution < 1.29 is 13.5 Å². The van der Waals surface area contributed by atoms with Crippen molar-refractivity contribution in [1.29, 1.82) is 0 Å². The summed E-state index contributed by atoms with van der Waals surface area (Å²) in [5.74, 6) is 0.541. The maximum atomic E-state index is 12.1. The Morgan fingerprint density at radius 3 is 2.63 bits per heavy atom. The molecule has 0 saturated heterocycles. The first-order valence-corrected chi connectivity index (χ1v) is 7.17. The molecule has 1 heterocycles. The second kappa shape index (κ2) is 4.75. The largest absolute Gasteiger partial charge is 0.508 e. The van der Waals surface area contributed by atoms with E-state index in [-0.39, 0.29) is 21.5 Å². The van der Waals surface area contributed by atoms with Gasteiger partial charge >= 0.3 is 0 Å². The zero-order valence-corrected chi connectivity index (χ0v) is 11.8. The van der Waals surface area contributed by atoms with E-state index in [1.807, 2.05) is 0 Å². The highest BCUT2D eigenvalue weighted by molar-refractivity contribution is 7.92. The predicted molar refractivity (Wildman–Crippen MR) is 71.9 cm³/mol. The number of rotatable bonds is 3. The van der Waals surface area contributed by atoms with Crippen molar-refractivity contribution in [3.05, 3.63) is 35.2 Å². The number of aryl methyl sites for hydroxylation is 2. The molecule has 0 aliphatic heterocycles. The fourth-order valence-corrected chi connectivity index (χ4v) is 2.84. The van der Waals surface area contributed by atoms with Crippen molar-refractivity contribution in [3.63, 3.8) is 0 Å². The number of sulfonamides is 1. The lowest BCUT2D eigenvalue weighted by atomic mass is 10.3. The molecule has 0 bridgehead atoms. The second-order valence-electron chi connectivity index (χ2n) is 4.01. The summed E-state index contributed by atoms with van der Waals surface area (Å²) in [6.07, 6.45) is 1.41. The lowest BCUT2D eigenvalue weighted by molar-refractivity contribution is 0.475. The summed E-state index contributed by atoms with van der Waals surface area (Å²) in [5.41, 5.74) is 0.183. The maximum absolute atomic E-state index is 12.1. The van der Waals surface area contributed by atoms with Crippen LogP contribution in [0.3, 0.4) is 0 Å². The van der Waals surface area contributed by atoms with Gasteiger partial charge in [-0.05, 0) is 19.1 Å². The molecule has 2 aromatic rings. The van der Waals surface area contributed by atoms with E-state index in [0.717, 1.165) is 0 Å². The van der Waals surface area contributed by atoms with E-state index in [1.54, 1.807) is 18.5 Å². The number of phenolic OH excluding ortho intramolecular Hbond substituents is 1. The number of nitrogens with zero attached hydrogens (tertiary/aromatic N) is 2. The molecule has 0 unspecified atom stereocenters. The third kappa shape index (κ3) is 2.82. The molecule has 2 N–H and O–H groups in total. The number of halogens is 1. The lowest BCUT2D eigenvalue weighted by Crippen LogP contribution is -2.13.